The van der Waals surface area contributed by atoms with E-state index in [-0.39, 0.29) is 30.7 Å². The van der Waals surface area contributed by atoms with E-state index in [4.69, 9.17) is 9.47 Å². The highest BCUT2D eigenvalue weighted by molar-refractivity contribution is 5.84. The van der Waals surface area contributed by atoms with Gasteiger partial charge in [0.1, 0.15) is 12.2 Å². The minimum absolute atomic E-state index is 0.0703. The van der Waals surface area contributed by atoms with Crippen molar-refractivity contribution in [2.75, 3.05) is 32.8 Å². The molecule has 4 aliphatic rings. The summed E-state index contributed by atoms with van der Waals surface area (Å²) in [7, 11) is 0. The zero-order valence-electron chi connectivity index (χ0n) is 18.9. The van der Waals surface area contributed by atoms with E-state index in [2.05, 4.69) is 5.32 Å². The average Bonchev–Trinajstić information content (AvgIpc) is 3.36. The minimum Gasteiger partial charge on any atom is -0.369 e. The summed E-state index contributed by atoms with van der Waals surface area (Å²) in [5.41, 5.74) is 0.606. The Morgan fingerprint density at radius 3 is 2.55 bits per heavy atom. The molecule has 4 amide bonds. The van der Waals surface area contributed by atoms with Gasteiger partial charge in [0.2, 0.25) is 12.3 Å². The summed E-state index contributed by atoms with van der Waals surface area (Å²) in [5, 5.41) is 16.2. The van der Waals surface area contributed by atoms with Crippen LogP contribution in [0.25, 0.3) is 0 Å². The largest absolute Gasteiger partial charge is 0.369 e. The number of allylic oxidation sites excluding steroid dienone is 1. The third-order valence-electron chi connectivity index (χ3n) is 6.83. The van der Waals surface area contributed by atoms with Crippen molar-refractivity contribution >= 4 is 18.3 Å². The Balaban J connectivity index is 1.43. The average molecular weight is 463 g/mol. The standard InChI is InChI=1S/C23H34N4O6/c28-16-25(31)15-18(13-17-5-1-2-6-17)22(29)26-9-3-4-10-27(26)23(30)24-19-7-8-20-21(14-19)33-12-11-32-20/h7-8,14,16-18,20-21,31H,1-6,9-13,15H2,(H,24,30)/t18-,20?,21?/m1/s1. The lowest BCUT2D eigenvalue weighted by molar-refractivity contribution is -0.164. The highest BCUT2D eigenvalue weighted by atomic mass is 16.6. The summed E-state index contributed by atoms with van der Waals surface area (Å²) < 4.78 is 11.3. The molecule has 2 unspecified atom stereocenters. The molecule has 1 saturated carbocycles. The monoisotopic (exact) mass is 462 g/mol. The van der Waals surface area contributed by atoms with Crippen molar-refractivity contribution in [2.45, 2.75) is 57.2 Å². The molecule has 2 aliphatic carbocycles. The fraction of sp³-hybridized carbons (Fsp3) is 0.696. The van der Waals surface area contributed by atoms with Gasteiger partial charge >= 0.3 is 6.03 Å². The topological polar surface area (TPSA) is 112 Å². The number of hydrazine groups is 1. The number of urea groups is 1. The van der Waals surface area contributed by atoms with Crippen LogP contribution in [0.1, 0.15) is 44.9 Å². The molecule has 2 aliphatic heterocycles. The first kappa shape index (κ1) is 23.7. The first-order chi connectivity index (χ1) is 16.0. The number of hydroxylamine groups is 2. The molecule has 33 heavy (non-hydrogen) atoms. The zero-order valence-corrected chi connectivity index (χ0v) is 18.9. The quantitative estimate of drug-likeness (QED) is 0.339. The summed E-state index contributed by atoms with van der Waals surface area (Å²) >= 11 is 0. The smallest absolute Gasteiger partial charge is 0.340 e. The summed E-state index contributed by atoms with van der Waals surface area (Å²) in [6.07, 6.45) is 12.0. The molecule has 2 saturated heterocycles. The van der Waals surface area contributed by atoms with Crippen molar-refractivity contribution in [2.24, 2.45) is 11.8 Å². The van der Waals surface area contributed by atoms with Gasteiger partial charge in [0, 0.05) is 18.8 Å². The SMILES string of the molecule is O=CN(O)C[C@@H](CC1CCCC1)C(=O)N1CCCCN1C(=O)NC1=CC2OCCOC2C=C1. The van der Waals surface area contributed by atoms with E-state index in [9.17, 15) is 19.6 Å². The first-order valence-electron chi connectivity index (χ1n) is 12.0. The van der Waals surface area contributed by atoms with Gasteiger partial charge in [-0.15, -0.1) is 0 Å². The third-order valence-corrected chi connectivity index (χ3v) is 6.83. The Bertz CT molecular complexity index is 781. The van der Waals surface area contributed by atoms with E-state index in [0.29, 0.717) is 55.8 Å². The van der Waals surface area contributed by atoms with E-state index in [0.717, 1.165) is 38.5 Å². The molecule has 0 aromatic carbocycles. The van der Waals surface area contributed by atoms with E-state index in [1.54, 1.807) is 6.08 Å². The van der Waals surface area contributed by atoms with Crippen LogP contribution < -0.4 is 5.32 Å². The molecule has 0 radical (unpaired) electrons. The van der Waals surface area contributed by atoms with Gasteiger partial charge in [-0.25, -0.2) is 19.9 Å². The van der Waals surface area contributed by atoms with Gasteiger partial charge in [0.05, 0.1) is 25.7 Å². The van der Waals surface area contributed by atoms with Crippen molar-refractivity contribution in [1.29, 1.82) is 0 Å². The second kappa shape index (κ2) is 11.1. The van der Waals surface area contributed by atoms with Crippen LogP contribution in [0.3, 0.4) is 0 Å². The molecule has 10 nitrogen and oxygen atoms in total. The Kier molecular flexibility index (Phi) is 8.00. The van der Waals surface area contributed by atoms with Gasteiger partial charge < -0.3 is 14.8 Å². The fourth-order valence-electron chi connectivity index (χ4n) is 5.15. The van der Waals surface area contributed by atoms with Gasteiger partial charge in [0.15, 0.2) is 0 Å². The third kappa shape index (κ3) is 5.93. The molecule has 0 spiro atoms. The van der Waals surface area contributed by atoms with Crippen molar-refractivity contribution < 1.29 is 29.1 Å². The van der Waals surface area contributed by atoms with Crippen molar-refractivity contribution in [3.8, 4) is 0 Å². The van der Waals surface area contributed by atoms with E-state index in [1.807, 2.05) is 12.2 Å². The second-order valence-corrected chi connectivity index (χ2v) is 9.18. The van der Waals surface area contributed by atoms with Crippen LogP contribution in [0.15, 0.2) is 23.9 Å². The van der Waals surface area contributed by atoms with Crippen LogP contribution in [0.5, 0.6) is 0 Å². The number of nitrogens with zero attached hydrogens (tertiary/aromatic N) is 3. The number of nitrogens with one attached hydrogen (secondary N) is 1. The Hall–Kier alpha value is -2.43. The lowest BCUT2D eigenvalue weighted by Gasteiger charge is -2.40. The molecule has 182 valence electrons. The summed E-state index contributed by atoms with van der Waals surface area (Å²) in [6, 6.07) is -0.384. The molecule has 2 heterocycles. The van der Waals surface area contributed by atoms with Gasteiger partial charge in [-0.1, -0.05) is 31.8 Å². The van der Waals surface area contributed by atoms with Crippen molar-refractivity contribution in [3.05, 3.63) is 23.9 Å². The Labute approximate surface area is 194 Å². The van der Waals surface area contributed by atoms with Crippen LogP contribution >= 0.6 is 0 Å². The summed E-state index contributed by atoms with van der Waals surface area (Å²) in [6.45, 7) is 1.83. The molecular weight excluding hydrogens is 428 g/mol. The lowest BCUT2D eigenvalue weighted by atomic mass is 9.92. The molecule has 3 atom stereocenters. The van der Waals surface area contributed by atoms with E-state index >= 15 is 0 Å². The molecular formula is C23H34N4O6. The predicted octanol–water partition coefficient (Wildman–Crippen LogP) is 1.82. The number of rotatable bonds is 7. The number of carbonyl (C=O) groups excluding carboxylic acids is 3. The number of amides is 4. The first-order valence-corrected chi connectivity index (χ1v) is 12.0. The van der Waals surface area contributed by atoms with Crippen LogP contribution in [-0.4, -0.2) is 83.7 Å². The van der Waals surface area contributed by atoms with E-state index in [1.165, 1.54) is 10.0 Å². The molecule has 0 aromatic rings. The van der Waals surface area contributed by atoms with Crippen LogP contribution in [0, 0.1) is 11.8 Å². The van der Waals surface area contributed by atoms with Gasteiger partial charge in [-0.3, -0.25) is 14.8 Å². The molecule has 3 fully saturated rings. The number of fused-ring (bicyclic) bond motifs is 1. The molecule has 10 heteroatoms. The predicted molar refractivity (Wildman–Crippen MR) is 118 cm³/mol. The van der Waals surface area contributed by atoms with Crippen LogP contribution in [0.4, 0.5) is 4.79 Å². The summed E-state index contributed by atoms with van der Waals surface area (Å²) in [4.78, 5) is 37.7. The molecule has 2 N–H and O–H groups in total. The number of carbonyl (C=O) groups is 3. The number of hydrogen-bond donors (Lipinski definition) is 2. The lowest BCUT2D eigenvalue weighted by Crippen LogP contribution is -2.58. The highest BCUT2D eigenvalue weighted by Gasteiger charge is 2.36. The number of hydrogen-bond acceptors (Lipinski definition) is 6. The van der Waals surface area contributed by atoms with Gasteiger partial charge in [0.25, 0.3) is 0 Å². The Morgan fingerprint density at radius 2 is 1.82 bits per heavy atom. The van der Waals surface area contributed by atoms with Crippen molar-refractivity contribution in [1.82, 2.24) is 20.4 Å². The maximum absolute atomic E-state index is 13.5. The molecule has 4 rings (SSSR count). The van der Waals surface area contributed by atoms with E-state index < -0.39 is 5.92 Å². The van der Waals surface area contributed by atoms with Crippen molar-refractivity contribution in [3.63, 3.8) is 0 Å². The normalized spacial score (nSPS) is 26.4. The maximum Gasteiger partial charge on any atom is 0.340 e. The minimum atomic E-state index is -0.556. The van der Waals surface area contributed by atoms with Gasteiger partial charge in [-0.2, -0.15) is 0 Å². The second-order valence-electron chi connectivity index (χ2n) is 9.18. The summed E-state index contributed by atoms with van der Waals surface area (Å²) in [5.74, 6) is -0.386. The highest BCUT2D eigenvalue weighted by Crippen LogP contribution is 2.32. The maximum atomic E-state index is 13.5. The van der Waals surface area contributed by atoms with Crippen LogP contribution in [0.2, 0.25) is 0 Å². The molecule has 0 bridgehead atoms. The molecule has 0 aromatic heterocycles. The zero-order chi connectivity index (χ0) is 23.2. The fourth-order valence-corrected chi connectivity index (χ4v) is 5.15. The van der Waals surface area contributed by atoms with Gasteiger partial charge in [-0.05, 0) is 37.3 Å². The number of ether oxygens (including phenoxy) is 2. The van der Waals surface area contributed by atoms with Crippen LogP contribution in [-0.2, 0) is 19.1 Å². The Morgan fingerprint density at radius 1 is 1.12 bits per heavy atom.